The molecule has 1 aliphatic rings. The Bertz CT molecular complexity index is 766. The average Bonchev–Trinajstić information content (AvgIpc) is 2.91. The van der Waals surface area contributed by atoms with Gasteiger partial charge in [0.25, 0.3) is 5.56 Å². The maximum absolute atomic E-state index is 12.1. The van der Waals surface area contributed by atoms with E-state index in [1.807, 2.05) is 20.8 Å². The van der Waals surface area contributed by atoms with Crippen molar-refractivity contribution in [1.29, 1.82) is 0 Å². The van der Waals surface area contributed by atoms with Crippen LogP contribution in [0, 0.1) is 0 Å². The predicted molar refractivity (Wildman–Crippen MR) is 82.2 cm³/mol. The molecule has 23 heavy (non-hydrogen) atoms. The van der Waals surface area contributed by atoms with Crippen LogP contribution in [0.2, 0.25) is 0 Å². The van der Waals surface area contributed by atoms with E-state index < -0.39 is 5.60 Å². The highest BCUT2D eigenvalue weighted by molar-refractivity contribution is 5.74. The lowest BCUT2D eigenvalue weighted by atomic mass is 9.93. The van der Waals surface area contributed by atoms with Gasteiger partial charge in [-0.3, -0.25) is 4.79 Å². The predicted octanol–water partition coefficient (Wildman–Crippen LogP) is 2.03. The van der Waals surface area contributed by atoms with Gasteiger partial charge in [-0.1, -0.05) is 5.16 Å². The van der Waals surface area contributed by atoms with E-state index in [9.17, 15) is 9.59 Å². The van der Waals surface area contributed by atoms with E-state index in [0.29, 0.717) is 24.3 Å². The van der Waals surface area contributed by atoms with Crippen molar-refractivity contribution in [3.05, 3.63) is 22.4 Å². The molecule has 0 aromatic carbocycles. The monoisotopic (exact) mass is 320 g/mol. The van der Waals surface area contributed by atoms with Crippen molar-refractivity contribution < 1.29 is 14.1 Å². The third-order valence-corrected chi connectivity index (χ3v) is 3.82. The van der Waals surface area contributed by atoms with E-state index in [1.54, 1.807) is 4.90 Å². The number of carbonyl (C=O) groups excluding carboxylic acids is 1. The molecule has 1 aliphatic heterocycles. The molecule has 1 saturated heterocycles. The van der Waals surface area contributed by atoms with E-state index in [2.05, 4.69) is 15.1 Å². The number of H-pyrrole nitrogens is 1. The lowest BCUT2D eigenvalue weighted by Gasteiger charge is -2.32. The Morgan fingerprint density at radius 3 is 2.74 bits per heavy atom. The number of carbonyl (C=O) groups is 1. The largest absolute Gasteiger partial charge is 0.444 e. The summed E-state index contributed by atoms with van der Waals surface area (Å²) < 4.78 is 10.5. The Morgan fingerprint density at radius 2 is 2.09 bits per heavy atom. The molecule has 2 aromatic heterocycles. The second-order valence-electron chi connectivity index (χ2n) is 6.72. The standard InChI is InChI=1S/C15H20N4O4/c1-15(2,3)22-14(21)19-6-4-9(5-7-19)10-11-12(23-18-10)13(20)17-8-16-11/h8-9H,4-7H2,1-3H3,(H,16,17,20). The minimum Gasteiger partial charge on any atom is -0.444 e. The molecular weight excluding hydrogens is 300 g/mol. The molecule has 0 aliphatic carbocycles. The Hall–Kier alpha value is -2.38. The van der Waals surface area contributed by atoms with Crippen molar-refractivity contribution in [1.82, 2.24) is 20.0 Å². The second kappa shape index (κ2) is 5.68. The van der Waals surface area contributed by atoms with Gasteiger partial charge in [-0.2, -0.15) is 0 Å². The van der Waals surface area contributed by atoms with Crippen LogP contribution in [0.15, 0.2) is 15.6 Å². The number of ether oxygens (including phenoxy) is 1. The summed E-state index contributed by atoms with van der Waals surface area (Å²) in [5, 5.41) is 4.02. The van der Waals surface area contributed by atoms with E-state index in [0.717, 1.165) is 12.8 Å². The lowest BCUT2D eigenvalue weighted by molar-refractivity contribution is 0.0204. The fourth-order valence-electron chi connectivity index (χ4n) is 2.72. The van der Waals surface area contributed by atoms with Gasteiger partial charge in [0.05, 0.1) is 6.33 Å². The number of piperidine rings is 1. The molecular formula is C15H20N4O4. The molecule has 8 heteroatoms. The number of aromatic nitrogens is 3. The number of amides is 1. The summed E-state index contributed by atoms with van der Waals surface area (Å²) in [5.41, 5.74) is 0.512. The first-order valence-corrected chi connectivity index (χ1v) is 7.66. The number of nitrogens with zero attached hydrogens (tertiary/aromatic N) is 3. The van der Waals surface area contributed by atoms with Gasteiger partial charge in [0, 0.05) is 19.0 Å². The first-order valence-electron chi connectivity index (χ1n) is 7.66. The number of hydrogen-bond acceptors (Lipinski definition) is 6. The maximum atomic E-state index is 12.1. The Kier molecular flexibility index (Phi) is 3.83. The van der Waals surface area contributed by atoms with Gasteiger partial charge in [0.15, 0.2) is 0 Å². The topological polar surface area (TPSA) is 101 Å². The van der Waals surface area contributed by atoms with Crippen molar-refractivity contribution >= 4 is 17.2 Å². The van der Waals surface area contributed by atoms with Gasteiger partial charge in [0.1, 0.15) is 16.8 Å². The third-order valence-electron chi connectivity index (χ3n) is 3.82. The molecule has 0 saturated carbocycles. The zero-order chi connectivity index (χ0) is 16.6. The molecule has 0 spiro atoms. The van der Waals surface area contributed by atoms with Gasteiger partial charge in [-0.05, 0) is 33.6 Å². The van der Waals surface area contributed by atoms with Gasteiger partial charge < -0.3 is 19.1 Å². The van der Waals surface area contributed by atoms with E-state index in [-0.39, 0.29) is 23.2 Å². The van der Waals surface area contributed by atoms with Crippen molar-refractivity contribution in [2.45, 2.75) is 45.1 Å². The summed E-state index contributed by atoms with van der Waals surface area (Å²) in [7, 11) is 0. The quantitative estimate of drug-likeness (QED) is 0.862. The summed E-state index contributed by atoms with van der Waals surface area (Å²) in [4.78, 5) is 32.1. The number of aromatic amines is 1. The molecule has 0 bridgehead atoms. The number of nitrogens with one attached hydrogen (secondary N) is 1. The Labute approximate surface area is 132 Å². The molecule has 1 N–H and O–H groups in total. The van der Waals surface area contributed by atoms with Gasteiger partial charge >= 0.3 is 6.09 Å². The summed E-state index contributed by atoms with van der Waals surface area (Å²) >= 11 is 0. The first kappa shape index (κ1) is 15.5. The SMILES string of the molecule is CC(C)(C)OC(=O)N1CCC(c2noc3c(=O)[nH]cnc23)CC1. The molecule has 0 radical (unpaired) electrons. The zero-order valence-corrected chi connectivity index (χ0v) is 13.5. The fourth-order valence-corrected chi connectivity index (χ4v) is 2.72. The van der Waals surface area contributed by atoms with Gasteiger partial charge in [-0.25, -0.2) is 9.78 Å². The van der Waals surface area contributed by atoms with E-state index >= 15 is 0 Å². The van der Waals surface area contributed by atoms with Crippen LogP contribution in [0.1, 0.15) is 45.2 Å². The van der Waals surface area contributed by atoms with Gasteiger partial charge in [-0.15, -0.1) is 0 Å². The highest BCUT2D eigenvalue weighted by Gasteiger charge is 2.30. The number of likely N-dealkylation sites (tertiary alicyclic amines) is 1. The highest BCUT2D eigenvalue weighted by atomic mass is 16.6. The number of rotatable bonds is 1. The van der Waals surface area contributed by atoms with Crippen LogP contribution < -0.4 is 5.56 Å². The lowest BCUT2D eigenvalue weighted by Crippen LogP contribution is -2.41. The number of hydrogen-bond donors (Lipinski definition) is 1. The molecule has 124 valence electrons. The normalized spacial score (nSPS) is 16.7. The van der Waals surface area contributed by atoms with Crippen LogP contribution in [0.25, 0.3) is 11.1 Å². The Morgan fingerprint density at radius 1 is 1.39 bits per heavy atom. The van der Waals surface area contributed by atoms with Crippen molar-refractivity contribution in [2.24, 2.45) is 0 Å². The maximum Gasteiger partial charge on any atom is 0.410 e. The molecule has 3 rings (SSSR count). The van der Waals surface area contributed by atoms with Crippen LogP contribution in [0.4, 0.5) is 4.79 Å². The van der Waals surface area contributed by atoms with Crippen LogP contribution in [0.3, 0.4) is 0 Å². The zero-order valence-electron chi connectivity index (χ0n) is 13.5. The third kappa shape index (κ3) is 3.20. The Balaban J connectivity index is 1.70. The molecule has 1 fully saturated rings. The highest BCUT2D eigenvalue weighted by Crippen LogP contribution is 2.31. The molecule has 8 nitrogen and oxygen atoms in total. The average molecular weight is 320 g/mol. The van der Waals surface area contributed by atoms with Gasteiger partial charge in [0.2, 0.25) is 5.58 Å². The summed E-state index contributed by atoms with van der Waals surface area (Å²) in [6.45, 7) is 6.71. The minimum absolute atomic E-state index is 0.115. The van der Waals surface area contributed by atoms with Crippen LogP contribution in [-0.2, 0) is 4.74 Å². The van der Waals surface area contributed by atoms with E-state index in [1.165, 1.54) is 6.33 Å². The van der Waals surface area contributed by atoms with Crippen LogP contribution in [-0.4, -0.2) is 44.8 Å². The number of fused-ring (bicyclic) bond motifs is 1. The molecule has 1 amide bonds. The minimum atomic E-state index is -0.499. The molecule has 0 unspecified atom stereocenters. The van der Waals surface area contributed by atoms with Crippen molar-refractivity contribution in [3.63, 3.8) is 0 Å². The summed E-state index contributed by atoms with van der Waals surface area (Å²) in [6, 6.07) is 0. The summed E-state index contributed by atoms with van der Waals surface area (Å²) in [5.74, 6) is 0.115. The molecule has 2 aromatic rings. The molecule has 3 heterocycles. The first-order chi connectivity index (χ1) is 10.8. The van der Waals surface area contributed by atoms with Crippen molar-refractivity contribution in [2.75, 3.05) is 13.1 Å². The second-order valence-corrected chi connectivity index (χ2v) is 6.72. The van der Waals surface area contributed by atoms with Crippen LogP contribution >= 0.6 is 0 Å². The van der Waals surface area contributed by atoms with E-state index in [4.69, 9.17) is 9.26 Å². The summed E-state index contributed by atoms with van der Waals surface area (Å²) in [6.07, 6.45) is 2.52. The van der Waals surface area contributed by atoms with Crippen molar-refractivity contribution in [3.8, 4) is 0 Å². The fraction of sp³-hybridized carbons (Fsp3) is 0.600. The molecule has 0 atom stereocenters. The smallest absolute Gasteiger partial charge is 0.410 e. The van der Waals surface area contributed by atoms with Crippen LogP contribution in [0.5, 0.6) is 0 Å².